The summed E-state index contributed by atoms with van der Waals surface area (Å²) in [4.78, 5) is 24.4. The second kappa shape index (κ2) is 7.24. The van der Waals surface area contributed by atoms with Crippen molar-refractivity contribution in [1.29, 1.82) is 0 Å². The number of carbonyl (C=O) groups is 2. The fourth-order valence-electron chi connectivity index (χ4n) is 1.18. The lowest BCUT2D eigenvalue weighted by molar-refractivity contribution is -0.135. The zero-order valence-electron chi connectivity index (χ0n) is 11.1. The van der Waals surface area contributed by atoms with Crippen LogP contribution in [-0.2, 0) is 14.3 Å². The monoisotopic (exact) mass is 245 g/mol. The van der Waals surface area contributed by atoms with Crippen molar-refractivity contribution < 1.29 is 14.3 Å². The maximum Gasteiger partial charge on any atom is 0.239 e. The minimum absolute atomic E-state index is 0.0403. The molecule has 0 aliphatic carbocycles. The molecule has 0 aromatic rings. The van der Waals surface area contributed by atoms with Gasteiger partial charge in [0, 0.05) is 32.7 Å². The van der Waals surface area contributed by atoms with Crippen molar-refractivity contribution in [2.24, 2.45) is 5.73 Å². The number of nitrogens with zero attached hydrogens (tertiary/aromatic N) is 1. The van der Waals surface area contributed by atoms with E-state index in [1.807, 2.05) is 0 Å². The summed E-state index contributed by atoms with van der Waals surface area (Å²) in [5, 5.41) is 2.64. The van der Waals surface area contributed by atoms with Crippen molar-refractivity contribution in [3.05, 3.63) is 0 Å². The van der Waals surface area contributed by atoms with Gasteiger partial charge < -0.3 is 20.7 Å². The maximum absolute atomic E-state index is 11.7. The van der Waals surface area contributed by atoms with E-state index in [0.717, 1.165) is 0 Å². The lowest BCUT2D eigenvalue weighted by Crippen LogP contribution is -2.43. The molecule has 6 nitrogen and oxygen atoms in total. The fourth-order valence-corrected chi connectivity index (χ4v) is 1.18. The molecule has 0 heterocycles. The Labute approximate surface area is 102 Å². The number of nitrogens with one attached hydrogen (secondary N) is 1. The molecule has 6 heteroatoms. The Morgan fingerprint density at radius 3 is 2.47 bits per heavy atom. The number of rotatable bonds is 7. The Morgan fingerprint density at radius 1 is 1.41 bits per heavy atom. The highest BCUT2D eigenvalue weighted by Crippen LogP contribution is 2.05. The van der Waals surface area contributed by atoms with Gasteiger partial charge in [0.2, 0.25) is 11.8 Å². The molecule has 0 aromatic carbocycles. The number of methoxy groups -OCH3 is 1. The normalized spacial score (nSPS) is 11.1. The summed E-state index contributed by atoms with van der Waals surface area (Å²) in [7, 11) is 3.15. The van der Waals surface area contributed by atoms with Crippen LogP contribution in [0, 0.1) is 0 Å². The zero-order chi connectivity index (χ0) is 13.5. The van der Waals surface area contributed by atoms with Crippen molar-refractivity contribution in [2.45, 2.75) is 25.8 Å². The standard InChI is InChI=1S/C11H23N3O3/c1-11(2,12)7-10(16)14(3)8-9(15)13-5-6-17-4/h5-8,12H2,1-4H3,(H,13,15). The Balaban J connectivity index is 3.95. The first-order valence-corrected chi connectivity index (χ1v) is 5.55. The molecule has 0 fully saturated rings. The molecule has 0 saturated heterocycles. The van der Waals surface area contributed by atoms with Gasteiger partial charge in [-0.2, -0.15) is 0 Å². The van der Waals surface area contributed by atoms with Crippen LogP contribution < -0.4 is 11.1 Å². The van der Waals surface area contributed by atoms with Gasteiger partial charge >= 0.3 is 0 Å². The van der Waals surface area contributed by atoms with E-state index in [9.17, 15) is 9.59 Å². The fraction of sp³-hybridized carbons (Fsp3) is 0.818. The van der Waals surface area contributed by atoms with Gasteiger partial charge in [0.05, 0.1) is 13.2 Å². The second-order valence-corrected chi connectivity index (χ2v) is 4.76. The van der Waals surface area contributed by atoms with Gasteiger partial charge in [-0.15, -0.1) is 0 Å². The zero-order valence-corrected chi connectivity index (χ0v) is 11.1. The Bertz CT molecular complexity index is 261. The molecule has 3 N–H and O–H groups in total. The molecule has 0 aliphatic rings. The third-order valence-electron chi connectivity index (χ3n) is 2.04. The number of likely N-dealkylation sites (N-methyl/N-ethyl adjacent to an activating group) is 1. The van der Waals surface area contributed by atoms with Crippen molar-refractivity contribution in [3.63, 3.8) is 0 Å². The van der Waals surface area contributed by atoms with Crippen LogP contribution in [0.4, 0.5) is 0 Å². The van der Waals surface area contributed by atoms with Crippen molar-refractivity contribution in [2.75, 3.05) is 33.9 Å². The van der Waals surface area contributed by atoms with E-state index in [2.05, 4.69) is 5.32 Å². The van der Waals surface area contributed by atoms with Crippen LogP contribution in [0.2, 0.25) is 0 Å². The average molecular weight is 245 g/mol. The van der Waals surface area contributed by atoms with E-state index >= 15 is 0 Å². The summed E-state index contributed by atoms with van der Waals surface area (Å²) in [6.07, 6.45) is 0.217. The first-order valence-electron chi connectivity index (χ1n) is 5.55. The summed E-state index contributed by atoms with van der Waals surface area (Å²) < 4.78 is 4.80. The van der Waals surface area contributed by atoms with Gasteiger partial charge in [-0.25, -0.2) is 0 Å². The number of ether oxygens (including phenoxy) is 1. The molecule has 0 spiro atoms. The highest BCUT2D eigenvalue weighted by Gasteiger charge is 2.20. The highest BCUT2D eigenvalue weighted by atomic mass is 16.5. The number of hydrogen-bond acceptors (Lipinski definition) is 4. The third-order valence-corrected chi connectivity index (χ3v) is 2.04. The van der Waals surface area contributed by atoms with Gasteiger partial charge in [-0.05, 0) is 13.8 Å². The first-order chi connectivity index (χ1) is 7.76. The molecule has 0 aromatic heterocycles. The first kappa shape index (κ1) is 15.9. The molecule has 0 saturated carbocycles. The number of amides is 2. The second-order valence-electron chi connectivity index (χ2n) is 4.76. The van der Waals surface area contributed by atoms with Crippen molar-refractivity contribution in [3.8, 4) is 0 Å². The van der Waals surface area contributed by atoms with Crippen LogP contribution in [0.3, 0.4) is 0 Å². The number of hydrogen-bond donors (Lipinski definition) is 2. The van der Waals surface area contributed by atoms with E-state index < -0.39 is 5.54 Å². The van der Waals surface area contributed by atoms with E-state index in [1.165, 1.54) is 4.90 Å². The molecular formula is C11H23N3O3. The predicted molar refractivity (Wildman–Crippen MR) is 65.4 cm³/mol. The summed E-state index contributed by atoms with van der Waals surface area (Å²) in [5.74, 6) is -0.341. The van der Waals surface area contributed by atoms with E-state index in [0.29, 0.717) is 13.2 Å². The van der Waals surface area contributed by atoms with Gasteiger partial charge in [0.15, 0.2) is 0 Å². The van der Waals surface area contributed by atoms with Crippen molar-refractivity contribution in [1.82, 2.24) is 10.2 Å². The number of nitrogens with two attached hydrogens (primary N) is 1. The maximum atomic E-state index is 11.7. The molecule has 0 aliphatic heterocycles. The van der Waals surface area contributed by atoms with Gasteiger partial charge in [-0.3, -0.25) is 9.59 Å². The van der Waals surface area contributed by atoms with Crippen LogP contribution in [0.25, 0.3) is 0 Å². The minimum atomic E-state index is -0.558. The summed E-state index contributed by atoms with van der Waals surface area (Å²) >= 11 is 0. The minimum Gasteiger partial charge on any atom is -0.383 e. The quantitative estimate of drug-likeness (QED) is 0.583. The van der Waals surface area contributed by atoms with E-state index in [1.54, 1.807) is 28.0 Å². The van der Waals surface area contributed by atoms with Crippen LogP contribution in [0.1, 0.15) is 20.3 Å². The van der Waals surface area contributed by atoms with Gasteiger partial charge in [0.1, 0.15) is 0 Å². The van der Waals surface area contributed by atoms with Crippen LogP contribution in [0.5, 0.6) is 0 Å². The Kier molecular flexibility index (Phi) is 6.75. The molecule has 0 atom stereocenters. The lowest BCUT2D eigenvalue weighted by atomic mass is 10.0. The molecule has 0 radical (unpaired) electrons. The molecular weight excluding hydrogens is 222 g/mol. The Morgan fingerprint density at radius 2 is 2.00 bits per heavy atom. The van der Waals surface area contributed by atoms with E-state index in [-0.39, 0.29) is 24.8 Å². The van der Waals surface area contributed by atoms with Crippen LogP contribution >= 0.6 is 0 Å². The highest BCUT2D eigenvalue weighted by molar-refractivity contribution is 5.84. The van der Waals surface area contributed by atoms with Gasteiger partial charge in [0.25, 0.3) is 0 Å². The average Bonchev–Trinajstić information content (AvgIpc) is 2.15. The molecule has 17 heavy (non-hydrogen) atoms. The number of carbonyl (C=O) groups excluding carboxylic acids is 2. The summed E-state index contributed by atoms with van der Waals surface area (Å²) in [6, 6.07) is 0. The molecule has 100 valence electrons. The summed E-state index contributed by atoms with van der Waals surface area (Å²) in [6.45, 7) is 4.49. The smallest absolute Gasteiger partial charge is 0.239 e. The molecule has 0 unspecified atom stereocenters. The van der Waals surface area contributed by atoms with Crippen LogP contribution in [-0.4, -0.2) is 56.1 Å². The van der Waals surface area contributed by atoms with Gasteiger partial charge in [-0.1, -0.05) is 0 Å². The topological polar surface area (TPSA) is 84.7 Å². The molecule has 0 bridgehead atoms. The van der Waals surface area contributed by atoms with Crippen molar-refractivity contribution >= 4 is 11.8 Å². The largest absolute Gasteiger partial charge is 0.383 e. The SMILES string of the molecule is COCCNC(=O)CN(C)C(=O)CC(C)(C)N. The summed E-state index contributed by atoms with van der Waals surface area (Å²) in [5.41, 5.74) is 5.18. The Hall–Kier alpha value is -1.14. The predicted octanol–water partition coefficient (Wildman–Crippen LogP) is -0.665. The van der Waals surface area contributed by atoms with E-state index in [4.69, 9.17) is 10.5 Å². The van der Waals surface area contributed by atoms with Crippen LogP contribution in [0.15, 0.2) is 0 Å². The molecule has 2 amide bonds. The molecule has 0 rings (SSSR count). The third kappa shape index (κ3) is 8.65. The lowest BCUT2D eigenvalue weighted by Gasteiger charge is -2.22.